The van der Waals surface area contributed by atoms with Crippen LogP contribution in [0.4, 0.5) is 5.69 Å². The molecule has 8 heteroatoms. The molecule has 2 aromatic heterocycles. The Bertz CT molecular complexity index is 1520. The van der Waals surface area contributed by atoms with Crippen LogP contribution in [0.3, 0.4) is 0 Å². The van der Waals surface area contributed by atoms with Crippen molar-refractivity contribution in [3.8, 4) is 11.1 Å². The van der Waals surface area contributed by atoms with Crippen molar-refractivity contribution in [2.45, 2.75) is 6.92 Å². The highest BCUT2D eigenvalue weighted by atomic mass is 79.9. The molecule has 0 bridgehead atoms. The lowest BCUT2D eigenvalue weighted by Crippen LogP contribution is -2.11. The van der Waals surface area contributed by atoms with Gasteiger partial charge >= 0.3 is 0 Å². The van der Waals surface area contributed by atoms with Crippen LogP contribution in [0.25, 0.3) is 32.9 Å². The maximum absolute atomic E-state index is 11.5. The number of hydrogen-bond acceptors (Lipinski definition) is 3. The Hall–Kier alpha value is -4.04. The van der Waals surface area contributed by atoms with Crippen LogP contribution >= 0.6 is 15.9 Å². The molecule has 0 spiro atoms. The summed E-state index contributed by atoms with van der Waals surface area (Å²) >= 11 is 3.39. The van der Waals surface area contributed by atoms with Gasteiger partial charge in [-0.15, -0.1) is 0 Å². The number of benzene rings is 3. The Morgan fingerprint density at radius 1 is 0.758 bits per heavy atom. The summed E-state index contributed by atoms with van der Waals surface area (Å²) in [4.78, 5) is 28.5. The minimum Gasteiger partial charge on any atom is -0.398 e. The highest BCUT2D eigenvalue weighted by Gasteiger charge is 2.14. The largest absolute Gasteiger partial charge is 0.398 e. The van der Waals surface area contributed by atoms with Crippen LogP contribution in [0.2, 0.25) is 0 Å². The van der Waals surface area contributed by atoms with Crippen molar-refractivity contribution in [2.24, 2.45) is 11.5 Å². The van der Waals surface area contributed by atoms with Gasteiger partial charge in [0.25, 0.3) is 11.8 Å². The fourth-order valence-electron chi connectivity index (χ4n) is 3.87. The van der Waals surface area contributed by atoms with Crippen LogP contribution in [0, 0.1) is 6.92 Å². The molecule has 5 rings (SSSR count). The predicted octanol–water partition coefficient (Wildman–Crippen LogP) is 4.85. The van der Waals surface area contributed by atoms with E-state index in [9.17, 15) is 9.59 Å². The third-order valence-electron chi connectivity index (χ3n) is 5.59. The normalized spacial score (nSPS) is 10.7. The molecule has 2 amide bonds. The lowest BCUT2D eigenvalue weighted by molar-refractivity contribution is 0.0993. The van der Waals surface area contributed by atoms with Crippen molar-refractivity contribution in [3.05, 3.63) is 88.2 Å². The molecule has 166 valence electrons. The number of fused-ring (bicyclic) bond motifs is 2. The zero-order valence-corrected chi connectivity index (χ0v) is 19.4. The molecule has 8 N–H and O–H groups in total. The Labute approximate surface area is 198 Å². The number of nitrogens with one attached hydrogen (secondary N) is 2. The molecule has 0 aliphatic heterocycles. The number of halogens is 1. The Morgan fingerprint density at radius 2 is 1.33 bits per heavy atom. The monoisotopic (exact) mass is 503 g/mol. The molecule has 2 heterocycles. The number of carbonyl (C=O) groups is 2. The number of aromatic nitrogens is 2. The van der Waals surface area contributed by atoms with Crippen LogP contribution in [0.5, 0.6) is 0 Å². The third kappa shape index (κ3) is 4.08. The first kappa shape index (κ1) is 22.2. The number of primary amides is 2. The van der Waals surface area contributed by atoms with E-state index in [1.54, 1.807) is 18.3 Å². The van der Waals surface area contributed by atoms with Gasteiger partial charge in [-0.3, -0.25) is 9.59 Å². The van der Waals surface area contributed by atoms with E-state index in [2.05, 4.69) is 25.9 Å². The van der Waals surface area contributed by atoms with Gasteiger partial charge in [-0.25, -0.2) is 0 Å². The molecule has 0 aliphatic rings. The molecular formula is C25H22BrN5O2. The lowest BCUT2D eigenvalue weighted by Gasteiger charge is -2.11. The average Bonchev–Trinajstić information content (AvgIpc) is 3.46. The second-order valence-electron chi connectivity index (χ2n) is 7.54. The third-order valence-corrected chi connectivity index (χ3v) is 6.28. The van der Waals surface area contributed by atoms with Crippen molar-refractivity contribution in [1.29, 1.82) is 0 Å². The molecule has 0 fully saturated rings. The number of amides is 2. The molecule has 3 aromatic carbocycles. The van der Waals surface area contributed by atoms with Crippen LogP contribution in [-0.4, -0.2) is 21.8 Å². The summed E-state index contributed by atoms with van der Waals surface area (Å²) in [6.45, 7) is 1.99. The Kier molecular flexibility index (Phi) is 5.93. The molecule has 0 atom stereocenters. The predicted molar refractivity (Wildman–Crippen MR) is 136 cm³/mol. The van der Waals surface area contributed by atoms with E-state index in [0.29, 0.717) is 11.1 Å². The molecule has 0 radical (unpaired) electrons. The molecule has 0 saturated carbocycles. The number of nitrogens with two attached hydrogens (primary N) is 3. The van der Waals surface area contributed by atoms with Gasteiger partial charge in [0.15, 0.2) is 0 Å². The van der Waals surface area contributed by atoms with Gasteiger partial charge in [-0.05, 0) is 60.0 Å². The number of hydrogen-bond donors (Lipinski definition) is 5. The highest BCUT2D eigenvalue weighted by Crippen LogP contribution is 2.34. The van der Waals surface area contributed by atoms with E-state index >= 15 is 0 Å². The summed E-state index contributed by atoms with van der Waals surface area (Å²) in [5.41, 5.74) is 23.0. The molecule has 0 saturated heterocycles. The molecule has 0 aliphatic carbocycles. The van der Waals surface area contributed by atoms with Gasteiger partial charge in [-0.1, -0.05) is 34.1 Å². The zero-order chi connectivity index (χ0) is 23.7. The number of rotatable bonds is 3. The zero-order valence-electron chi connectivity index (χ0n) is 17.8. The Balaban J connectivity index is 0.000000172. The van der Waals surface area contributed by atoms with Gasteiger partial charge in [0.05, 0.1) is 22.2 Å². The summed E-state index contributed by atoms with van der Waals surface area (Å²) in [6.07, 6.45) is 3.59. The topological polar surface area (TPSA) is 144 Å². The van der Waals surface area contributed by atoms with E-state index in [4.69, 9.17) is 17.2 Å². The van der Waals surface area contributed by atoms with Crippen molar-refractivity contribution >= 4 is 55.2 Å². The van der Waals surface area contributed by atoms with Gasteiger partial charge in [0, 0.05) is 33.3 Å². The van der Waals surface area contributed by atoms with Gasteiger partial charge in [0.1, 0.15) is 0 Å². The van der Waals surface area contributed by atoms with Crippen LogP contribution < -0.4 is 17.2 Å². The maximum Gasteiger partial charge on any atom is 0.250 e. The second-order valence-corrected chi connectivity index (χ2v) is 8.39. The average molecular weight is 504 g/mol. The second kappa shape index (κ2) is 8.84. The van der Waals surface area contributed by atoms with E-state index in [-0.39, 0.29) is 0 Å². The summed E-state index contributed by atoms with van der Waals surface area (Å²) < 4.78 is 0.953. The number of aromatic amines is 2. The van der Waals surface area contributed by atoms with E-state index in [0.717, 1.165) is 48.7 Å². The van der Waals surface area contributed by atoms with Crippen molar-refractivity contribution < 1.29 is 9.59 Å². The fourth-order valence-corrected chi connectivity index (χ4v) is 4.33. The quantitative estimate of drug-likeness (QED) is 0.224. The number of nitrogen functional groups attached to an aromatic ring is 1. The molecule has 5 aromatic rings. The minimum absolute atomic E-state index is 0.417. The van der Waals surface area contributed by atoms with Gasteiger partial charge in [-0.2, -0.15) is 0 Å². The molecule has 0 unspecified atom stereocenters. The van der Waals surface area contributed by atoms with Gasteiger partial charge in [0.2, 0.25) is 0 Å². The van der Waals surface area contributed by atoms with E-state index < -0.39 is 11.8 Å². The van der Waals surface area contributed by atoms with E-state index in [1.807, 2.05) is 55.6 Å². The number of H-pyrrole nitrogens is 2. The van der Waals surface area contributed by atoms with Crippen molar-refractivity contribution in [3.63, 3.8) is 0 Å². The smallest absolute Gasteiger partial charge is 0.250 e. The molecule has 7 nitrogen and oxygen atoms in total. The standard InChI is InChI=1S/C16H15N3O.C9H7BrN2O/c1-9-10(3-2-4-14(9)17)11-5-6-13(16(18)20)15-12(11)7-8-19-15;10-7-2-1-6(9(11)13)8-5(7)3-4-12-8/h2-8,19H,17H2,1H3,(H2,18,20);1-4,12H,(H2,11,13). The highest BCUT2D eigenvalue weighted by molar-refractivity contribution is 9.10. The number of carbonyl (C=O) groups excluding carboxylic acids is 2. The number of anilines is 1. The summed E-state index contributed by atoms with van der Waals surface area (Å²) in [5, 5.41) is 1.94. The van der Waals surface area contributed by atoms with Crippen LogP contribution in [0.1, 0.15) is 26.3 Å². The lowest BCUT2D eigenvalue weighted by atomic mass is 9.95. The molecule has 33 heavy (non-hydrogen) atoms. The summed E-state index contributed by atoms with van der Waals surface area (Å²) in [7, 11) is 0. The van der Waals surface area contributed by atoms with Crippen molar-refractivity contribution in [1.82, 2.24) is 9.97 Å². The first-order chi connectivity index (χ1) is 15.8. The van der Waals surface area contributed by atoms with Crippen molar-refractivity contribution in [2.75, 3.05) is 5.73 Å². The summed E-state index contributed by atoms with van der Waals surface area (Å²) in [6, 6.07) is 16.9. The fraction of sp³-hybridized carbons (Fsp3) is 0.0400. The van der Waals surface area contributed by atoms with Crippen LogP contribution in [0.15, 0.2) is 71.5 Å². The first-order valence-corrected chi connectivity index (χ1v) is 10.9. The SMILES string of the molecule is Cc1c(N)cccc1-c1ccc(C(N)=O)c2[nH]ccc12.NC(=O)c1ccc(Br)c2cc[nH]c12. The van der Waals surface area contributed by atoms with E-state index in [1.165, 1.54) is 0 Å². The maximum atomic E-state index is 11.5. The van der Waals surface area contributed by atoms with Crippen LogP contribution in [-0.2, 0) is 0 Å². The van der Waals surface area contributed by atoms with Gasteiger partial charge < -0.3 is 27.2 Å². The minimum atomic E-state index is -0.437. The first-order valence-electron chi connectivity index (χ1n) is 10.1. The molecular weight excluding hydrogens is 482 g/mol. The Morgan fingerprint density at radius 3 is 1.97 bits per heavy atom. The summed E-state index contributed by atoms with van der Waals surface area (Å²) in [5.74, 6) is -0.853.